The maximum absolute atomic E-state index is 12.4. The first-order chi connectivity index (χ1) is 15.9. The number of hydrogen-bond donors (Lipinski definition) is 2. The summed E-state index contributed by atoms with van der Waals surface area (Å²) in [5, 5.41) is 7.54. The van der Waals surface area contributed by atoms with Crippen molar-refractivity contribution < 1.29 is 19.1 Å². The second kappa shape index (κ2) is 11.3. The average molecular weight is 484 g/mol. The second-order valence-corrected chi connectivity index (χ2v) is 7.63. The van der Waals surface area contributed by atoms with Crippen LogP contribution in [-0.2, 0) is 4.79 Å². The van der Waals surface area contributed by atoms with E-state index in [1.54, 1.807) is 67.6 Å². The molecule has 3 aromatic rings. The van der Waals surface area contributed by atoms with Crippen LogP contribution in [0.1, 0.15) is 39.6 Å². The van der Waals surface area contributed by atoms with Crippen molar-refractivity contribution in [2.24, 2.45) is 5.10 Å². The van der Waals surface area contributed by atoms with Crippen molar-refractivity contribution in [3.05, 3.63) is 93.5 Å². The normalized spacial score (nSPS) is 10.6. The molecule has 7 nitrogen and oxygen atoms in total. The van der Waals surface area contributed by atoms with Gasteiger partial charge in [-0.3, -0.25) is 9.59 Å². The molecule has 0 fully saturated rings. The maximum Gasteiger partial charge on any atom is 0.343 e. The number of amides is 2. The Kier molecular flexibility index (Phi) is 8.18. The van der Waals surface area contributed by atoms with E-state index in [4.69, 9.17) is 27.9 Å². The predicted molar refractivity (Wildman–Crippen MR) is 128 cm³/mol. The summed E-state index contributed by atoms with van der Waals surface area (Å²) >= 11 is 11.9. The summed E-state index contributed by atoms with van der Waals surface area (Å²) in [5.41, 5.74) is 4.06. The van der Waals surface area contributed by atoms with Crippen LogP contribution in [-0.4, -0.2) is 24.0 Å². The standard InChI is InChI=1S/C24H19Cl2N3O4/c1-2-22(30)28-20-10-5-15(6-11-20)23(31)29-27-14-17-13-19(26)9-12-21(17)33-24(32)16-3-7-18(25)8-4-16/h3-14H,2H2,1H3,(H,28,30)(H,29,31)/b27-14+. The van der Waals surface area contributed by atoms with E-state index in [1.165, 1.54) is 12.3 Å². The molecule has 0 aliphatic heterocycles. The smallest absolute Gasteiger partial charge is 0.343 e. The third-order valence-corrected chi connectivity index (χ3v) is 4.86. The minimum Gasteiger partial charge on any atom is -0.422 e. The van der Waals surface area contributed by atoms with E-state index < -0.39 is 11.9 Å². The van der Waals surface area contributed by atoms with Crippen LogP contribution in [0, 0.1) is 0 Å². The van der Waals surface area contributed by atoms with Gasteiger partial charge in [0.2, 0.25) is 5.91 Å². The lowest BCUT2D eigenvalue weighted by Gasteiger charge is -2.08. The molecule has 3 aromatic carbocycles. The fourth-order valence-corrected chi connectivity index (χ4v) is 2.94. The number of hydrogen-bond acceptors (Lipinski definition) is 5. The molecule has 168 valence electrons. The van der Waals surface area contributed by atoms with E-state index in [9.17, 15) is 14.4 Å². The van der Waals surface area contributed by atoms with Gasteiger partial charge in [0, 0.05) is 33.3 Å². The Balaban J connectivity index is 1.67. The molecular weight excluding hydrogens is 465 g/mol. The minimum absolute atomic E-state index is 0.120. The summed E-state index contributed by atoms with van der Waals surface area (Å²) in [6.07, 6.45) is 1.68. The molecule has 33 heavy (non-hydrogen) atoms. The summed E-state index contributed by atoms with van der Waals surface area (Å²) in [4.78, 5) is 36.2. The van der Waals surface area contributed by atoms with Crippen LogP contribution >= 0.6 is 23.2 Å². The quantitative estimate of drug-likeness (QED) is 0.205. The third kappa shape index (κ3) is 6.90. The molecule has 0 saturated heterocycles. The Morgan fingerprint density at radius 2 is 1.55 bits per heavy atom. The summed E-state index contributed by atoms with van der Waals surface area (Å²) in [7, 11) is 0. The molecule has 0 bridgehead atoms. The number of hydrazone groups is 1. The van der Waals surface area contributed by atoms with Crippen LogP contribution in [0.2, 0.25) is 10.0 Å². The zero-order valence-corrected chi connectivity index (χ0v) is 19.0. The number of carbonyl (C=O) groups excluding carboxylic acids is 3. The van der Waals surface area contributed by atoms with Gasteiger partial charge in [-0.15, -0.1) is 0 Å². The Morgan fingerprint density at radius 1 is 0.909 bits per heavy atom. The number of nitrogens with zero attached hydrogens (tertiary/aromatic N) is 1. The molecule has 2 N–H and O–H groups in total. The first kappa shape index (κ1) is 24.0. The molecule has 0 heterocycles. The minimum atomic E-state index is -0.581. The van der Waals surface area contributed by atoms with Crippen LogP contribution in [0.4, 0.5) is 5.69 Å². The van der Waals surface area contributed by atoms with Gasteiger partial charge in [-0.05, 0) is 66.7 Å². The fourth-order valence-electron chi connectivity index (χ4n) is 2.64. The lowest BCUT2D eigenvalue weighted by Crippen LogP contribution is -2.18. The van der Waals surface area contributed by atoms with Gasteiger partial charge in [-0.2, -0.15) is 5.10 Å². The molecule has 9 heteroatoms. The third-order valence-electron chi connectivity index (χ3n) is 4.38. The molecule has 0 aliphatic carbocycles. The second-order valence-electron chi connectivity index (χ2n) is 6.76. The zero-order chi connectivity index (χ0) is 23.8. The van der Waals surface area contributed by atoms with Crippen molar-refractivity contribution in [3.63, 3.8) is 0 Å². The van der Waals surface area contributed by atoms with Gasteiger partial charge in [0.05, 0.1) is 11.8 Å². The van der Waals surface area contributed by atoms with Crippen LogP contribution in [0.3, 0.4) is 0 Å². The first-order valence-corrected chi connectivity index (χ1v) is 10.6. The molecule has 0 atom stereocenters. The average Bonchev–Trinajstić information content (AvgIpc) is 2.81. The van der Waals surface area contributed by atoms with Gasteiger partial charge in [0.15, 0.2) is 0 Å². The van der Waals surface area contributed by atoms with E-state index in [0.29, 0.717) is 38.8 Å². The largest absolute Gasteiger partial charge is 0.422 e. The monoisotopic (exact) mass is 483 g/mol. The van der Waals surface area contributed by atoms with Gasteiger partial charge in [0.25, 0.3) is 5.91 Å². The van der Waals surface area contributed by atoms with Crippen molar-refractivity contribution in [1.29, 1.82) is 0 Å². The van der Waals surface area contributed by atoms with Gasteiger partial charge in [0.1, 0.15) is 5.75 Å². The van der Waals surface area contributed by atoms with E-state index in [1.807, 2.05) is 0 Å². The van der Waals surface area contributed by atoms with Gasteiger partial charge >= 0.3 is 5.97 Å². The van der Waals surface area contributed by atoms with E-state index in [0.717, 1.165) is 0 Å². The number of nitrogens with one attached hydrogen (secondary N) is 2. The van der Waals surface area contributed by atoms with Crippen molar-refractivity contribution in [2.45, 2.75) is 13.3 Å². The number of benzene rings is 3. The Labute approximate surface area is 200 Å². The highest BCUT2D eigenvalue weighted by molar-refractivity contribution is 6.31. The highest BCUT2D eigenvalue weighted by Crippen LogP contribution is 2.23. The van der Waals surface area contributed by atoms with Crippen LogP contribution < -0.4 is 15.5 Å². The SMILES string of the molecule is CCC(=O)Nc1ccc(C(=O)N/N=C/c2cc(Cl)ccc2OC(=O)c2ccc(Cl)cc2)cc1. The van der Waals surface area contributed by atoms with Crippen LogP contribution in [0.25, 0.3) is 0 Å². The number of anilines is 1. The Morgan fingerprint density at radius 3 is 2.21 bits per heavy atom. The molecule has 0 unspecified atom stereocenters. The van der Waals surface area contributed by atoms with Crippen LogP contribution in [0.15, 0.2) is 71.8 Å². The van der Waals surface area contributed by atoms with Crippen molar-refractivity contribution in [1.82, 2.24) is 5.43 Å². The summed E-state index contributed by atoms with van der Waals surface area (Å²) in [5.74, 6) is -0.941. The lowest BCUT2D eigenvalue weighted by molar-refractivity contribution is -0.115. The predicted octanol–water partition coefficient (Wildman–Crippen LogP) is 5.33. The molecule has 0 aromatic heterocycles. The Bertz CT molecular complexity index is 1190. The number of esters is 1. The summed E-state index contributed by atoms with van der Waals surface area (Å²) in [6.45, 7) is 1.75. The molecular formula is C24H19Cl2N3O4. The highest BCUT2D eigenvalue weighted by Gasteiger charge is 2.12. The summed E-state index contributed by atoms with van der Waals surface area (Å²) in [6, 6.07) is 17.3. The van der Waals surface area contributed by atoms with E-state index in [-0.39, 0.29) is 11.7 Å². The zero-order valence-electron chi connectivity index (χ0n) is 17.5. The number of halogens is 2. The lowest BCUT2D eigenvalue weighted by atomic mass is 10.2. The fraction of sp³-hybridized carbons (Fsp3) is 0.0833. The van der Waals surface area contributed by atoms with Gasteiger partial charge < -0.3 is 10.1 Å². The van der Waals surface area contributed by atoms with Crippen molar-refractivity contribution >= 4 is 52.9 Å². The van der Waals surface area contributed by atoms with Crippen LogP contribution in [0.5, 0.6) is 5.75 Å². The number of rotatable bonds is 7. The molecule has 2 amide bonds. The number of carbonyl (C=O) groups is 3. The van der Waals surface area contributed by atoms with Gasteiger partial charge in [-0.25, -0.2) is 10.2 Å². The first-order valence-electron chi connectivity index (χ1n) is 9.86. The van der Waals surface area contributed by atoms with Crippen molar-refractivity contribution in [3.8, 4) is 5.75 Å². The molecule has 0 radical (unpaired) electrons. The Hall–Kier alpha value is -3.68. The summed E-state index contributed by atoms with van der Waals surface area (Å²) < 4.78 is 5.44. The highest BCUT2D eigenvalue weighted by atomic mass is 35.5. The topological polar surface area (TPSA) is 96.9 Å². The van der Waals surface area contributed by atoms with Crippen molar-refractivity contribution in [2.75, 3.05) is 5.32 Å². The van der Waals surface area contributed by atoms with E-state index in [2.05, 4.69) is 15.8 Å². The number of ether oxygens (including phenoxy) is 1. The van der Waals surface area contributed by atoms with E-state index >= 15 is 0 Å². The van der Waals surface area contributed by atoms with Gasteiger partial charge in [-0.1, -0.05) is 30.1 Å². The molecule has 0 aliphatic rings. The molecule has 0 saturated carbocycles. The molecule has 3 rings (SSSR count). The maximum atomic E-state index is 12.4. The molecule has 0 spiro atoms.